The van der Waals surface area contributed by atoms with E-state index in [0.717, 1.165) is 35.7 Å². The van der Waals surface area contributed by atoms with Gasteiger partial charge >= 0.3 is 0 Å². The average Bonchev–Trinajstić information content (AvgIpc) is 3.44. The lowest BCUT2D eigenvalue weighted by atomic mass is 10.3. The van der Waals surface area contributed by atoms with Gasteiger partial charge in [0.2, 0.25) is 15.2 Å². The van der Waals surface area contributed by atoms with Crippen molar-refractivity contribution in [1.29, 1.82) is 0 Å². The van der Waals surface area contributed by atoms with Gasteiger partial charge in [0.25, 0.3) is 0 Å². The van der Waals surface area contributed by atoms with E-state index in [1.807, 2.05) is 48.9 Å². The number of aromatic amines is 1. The van der Waals surface area contributed by atoms with Gasteiger partial charge in [-0.2, -0.15) is 4.31 Å². The topological polar surface area (TPSA) is 96.8 Å². The van der Waals surface area contributed by atoms with Crippen LogP contribution in [0, 0.1) is 0 Å². The zero-order valence-corrected chi connectivity index (χ0v) is 20.2. The second-order valence-corrected chi connectivity index (χ2v) is 10.9. The monoisotopic (exact) mass is 482 g/mol. The predicted molar refractivity (Wildman–Crippen MR) is 129 cm³/mol. The summed E-state index contributed by atoms with van der Waals surface area (Å²) in [7, 11) is -3.51. The van der Waals surface area contributed by atoms with Crippen LogP contribution in [0.15, 0.2) is 58.6 Å². The van der Waals surface area contributed by atoms with Crippen LogP contribution in [0.2, 0.25) is 0 Å². The summed E-state index contributed by atoms with van der Waals surface area (Å²) >= 11 is 1.52. The number of nitrogens with zero attached hydrogens (tertiary/aromatic N) is 5. The number of hydrogen-bond donors (Lipinski definition) is 1. The number of sulfonamides is 1. The molecule has 10 heteroatoms. The largest absolute Gasteiger partial charge is 0.341 e. The Bertz CT molecular complexity index is 1370. The molecule has 1 saturated carbocycles. The summed E-state index contributed by atoms with van der Waals surface area (Å²) in [6, 6.07) is 15.1. The number of para-hydroxylation sites is 1. The number of fused-ring (bicyclic) bond motifs is 1. The number of rotatable bonds is 9. The summed E-state index contributed by atoms with van der Waals surface area (Å²) in [5.74, 6) is 2.82. The van der Waals surface area contributed by atoms with Crippen LogP contribution in [0.5, 0.6) is 0 Å². The molecule has 2 aromatic carbocycles. The molecule has 0 aliphatic heterocycles. The van der Waals surface area contributed by atoms with Gasteiger partial charge < -0.3 is 4.98 Å². The Morgan fingerprint density at radius 1 is 1.09 bits per heavy atom. The lowest BCUT2D eigenvalue weighted by molar-refractivity contribution is 0.445. The van der Waals surface area contributed by atoms with Gasteiger partial charge in [0.05, 0.1) is 27.4 Å². The van der Waals surface area contributed by atoms with Crippen LogP contribution in [0.1, 0.15) is 44.3 Å². The molecule has 0 bridgehead atoms. The van der Waals surface area contributed by atoms with Crippen molar-refractivity contribution in [3.63, 3.8) is 0 Å². The third kappa shape index (κ3) is 4.42. The lowest BCUT2D eigenvalue weighted by Gasteiger charge is -2.18. The van der Waals surface area contributed by atoms with E-state index >= 15 is 0 Å². The molecule has 2 heterocycles. The summed E-state index contributed by atoms with van der Waals surface area (Å²) < 4.78 is 29.1. The van der Waals surface area contributed by atoms with E-state index in [4.69, 9.17) is 10.1 Å². The van der Waals surface area contributed by atoms with E-state index in [1.165, 1.54) is 16.1 Å². The lowest BCUT2D eigenvalue weighted by Crippen LogP contribution is -2.30. The molecule has 2 aromatic heterocycles. The maximum Gasteiger partial charge on any atom is 0.243 e. The minimum absolute atomic E-state index is 0.277. The Kier molecular flexibility index (Phi) is 5.98. The second kappa shape index (κ2) is 8.92. The molecule has 0 amide bonds. The Morgan fingerprint density at radius 3 is 2.55 bits per heavy atom. The van der Waals surface area contributed by atoms with Gasteiger partial charge in [-0.3, -0.25) is 0 Å². The van der Waals surface area contributed by atoms with E-state index in [0.29, 0.717) is 35.4 Å². The number of hydrogen-bond acceptors (Lipinski definition) is 6. The molecule has 1 aliphatic rings. The number of nitrogens with one attached hydrogen (secondary N) is 1. The van der Waals surface area contributed by atoms with Crippen molar-refractivity contribution in [3.8, 4) is 5.69 Å². The minimum atomic E-state index is -3.51. The first-order valence-electron chi connectivity index (χ1n) is 11.1. The Labute approximate surface area is 197 Å². The van der Waals surface area contributed by atoms with E-state index in [1.54, 1.807) is 18.2 Å². The molecule has 33 heavy (non-hydrogen) atoms. The molecule has 4 aromatic rings. The fourth-order valence-corrected chi connectivity index (χ4v) is 6.03. The zero-order valence-electron chi connectivity index (χ0n) is 18.6. The quantitative estimate of drug-likeness (QED) is 0.356. The molecule has 0 atom stereocenters. The Morgan fingerprint density at radius 2 is 1.85 bits per heavy atom. The highest BCUT2D eigenvalue weighted by molar-refractivity contribution is 7.98. The normalized spacial score (nSPS) is 14.4. The first kappa shape index (κ1) is 22.1. The standard InChI is InChI=1S/C23H26N6O2S2/c1-3-28(4-2)33(30,31)18-12-13-19-20(14-18)25-21(24-19)15-32-23-26-22(16-10-11-16)29(27-23)17-8-6-5-7-9-17/h5-9,12-14,16H,3-4,10-11,15H2,1-2H3,(H,24,25). The van der Waals surface area contributed by atoms with Crippen molar-refractivity contribution in [2.45, 2.75) is 48.4 Å². The van der Waals surface area contributed by atoms with E-state index in [9.17, 15) is 8.42 Å². The molecule has 0 unspecified atom stereocenters. The molecule has 8 nitrogen and oxygen atoms in total. The van der Waals surface area contributed by atoms with Gasteiger partial charge in [0, 0.05) is 19.0 Å². The molecule has 0 saturated heterocycles. The van der Waals surface area contributed by atoms with Crippen molar-refractivity contribution < 1.29 is 8.42 Å². The number of benzene rings is 2. The molecule has 0 spiro atoms. The molecule has 1 N–H and O–H groups in total. The van der Waals surface area contributed by atoms with Gasteiger partial charge in [-0.05, 0) is 43.2 Å². The van der Waals surface area contributed by atoms with Crippen molar-refractivity contribution in [3.05, 3.63) is 60.2 Å². The van der Waals surface area contributed by atoms with Crippen LogP contribution >= 0.6 is 11.8 Å². The molecule has 1 aliphatic carbocycles. The molecule has 1 fully saturated rings. The summed E-state index contributed by atoms with van der Waals surface area (Å²) in [4.78, 5) is 13.0. The van der Waals surface area contributed by atoms with E-state index in [-0.39, 0.29) is 4.90 Å². The fraction of sp³-hybridized carbons (Fsp3) is 0.348. The fourth-order valence-electron chi connectivity index (χ4n) is 3.85. The van der Waals surface area contributed by atoms with Gasteiger partial charge in [-0.1, -0.05) is 43.8 Å². The number of H-pyrrole nitrogens is 1. The highest BCUT2D eigenvalue weighted by Gasteiger charge is 2.30. The van der Waals surface area contributed by atoms with Gasteiger partial charge in [0.15, 0.2) is 0 Å². The van der Waals surface area contributed by atoms with E-state index in [2.05, 4.69) is 9.97 Å². The molecule has 0 radical (unpaired) electrons. The average molecular weight is 483 g/mol. The summed E-state index contributed by atoms with van der Waals surface area (Å²) in [6.07, 6.45) is 2.30. The van der Waals surface area contributed by atoms with Crippen molar-refractivity contribution in [2.75, 3.05) is 13.1 Å². The Hall–Kier alpha value is -2.69. The number of thioether (sulfide) groups is 1. The van der Waals surface area contributed by atoms with Crippen LogP contribution in [-0.2, 0) is 15.8 Å². The van der Waals surface area contributed by atoms with Crippen LogP contribution in [0.4, 0.5) is 0 Å². The second-order valence-electron chi connectivity index (χ2n) is 8.01. The number of imidazole rings is 1. The van der Waals surface area contributed by atoms with Crippen LogP contribution in [-0.4, -0.2) is 50.5 Å². The van der Waals surface area contributed by atoms with Crippen molar-refractivity contribution >= 4 is 32.8 Å². The molecule has 172 valence electrons. The SMILES string of the molecule is CCN(CC)S(=O)(=O)c1ccc2nc(CSc3nc(C4CC4)n(-c4ccccc4)n3)[nH]c2c1. The molecular weight excluding hydrogens is 456 g/mol. The summed E-state index contributed by atoms with van der Waals surface area (Å²) in [5.41, 5.74) is 2.47. The molecular formula is C23H26N6O2S2. The van der Waals surface area contributed by atoms with Crippen molar-refractivity contribution in [2.24, 2.45) is 0 Å². The maximum absolute atomic E-state index is 12.8. The maximum atomic E-state index is 12.8. The summed E-state index contributed by atoms with van der Waals surface area (Å²) in [6.45, 7) is 4.56. The van der Waals surface area contributed by atoms with Crippen LogP contribution < -0.4 is 0 Å². The van der Waals surface area contributed by atoms with Crippen LogP contribution in [0.3, 0.4) is 0 Å². The third-order valence-electron chi connectivity index (χ3n) is 5.74. The van der Waals surface area contributed by atoms with Gasteiger partial charge in [-0.25, -0.2) is 23.1 Å². The van der Waals surface area contributed by atoms with Crippen LogP contribution in [0.25, 0.3) is 16.7 Å². The highest BCUT2D eigenvalue weighted by atomic mass is 32.2. The summed E-state index contributed by atoms with van der Waals surface area (Å²) in [5, 5.41) is 5.45. The first-order valence-corrected chi connectivity index (χ1v) is 13.6. The predicted octanol–water partition coefficient (Wildman–Crippen LogP) is 4.34. The smallest absolute Gasteiger partial charge is 0.243 e. The van der Waals surface area contributed by atoms with E-state index < -0.39 is 10.0 Å². The van der Waals surface area contributed by atoms with Gasteiger partial charge in [0.1, 0.15) is 11.6 Å². The minimum Gasteiger partial charge on any atom is -0.341 e. The third-order valence-corrected chi connectivity index (χ3v) is 8.63. The highest BCUT2D eigenvalue weighted by Crippen LogP contribution is 2.40. The molecule has 5 rings (SSSR count). The number of aromatic nitrogens is 5. The Balaban J connectivity index is 1.36. The first-order chi connectivity index (χ1) is 16.0. The van der Waals surface area contributed by atoms with Gasteiger partial charge in [-0.15, -0.1) is 5.10 Å². The zero-order chi connectivity index (χ0) is 23.0. The van der Waals surface area contributed by atoms with Crippen molar-refractivity contribution in [1.82, 2.24) is 29.0 Å².